The van der Waals surface area contributed by atoms with Crippen LogP contribution in [0.1, 0.15) is 36.4 Å². The molecule has 2 fully saturated rings. The molecule has 1 saturated heterocycles. The van der Waals surface area contributed by atoms with Gasteiger partial charge in [-0.05, 0) is 49.4 Å². The van der Waals surface area contributed by atoms with Crippen LogP contribution in [0, 0.1) is 6.92 Å². The largest absolute Gasteiger partial charge is 0.326 e. The second kappa shape index (κ2) is 4.27. The Morgan fingerprint density at radius 1 is 1.29 bits per heavy atom. The Kier molecular flexibility index (Phi) is 2.89. The normalized spacial score (nSPS) is 29.8. The SMILES string of the molecule is Cc1cc(Cl)ccc1C1C(N)CCN1C1CC1. The lowest BCUT2D eigenvalue weighted by atomic mass is 9.96. The minimum Gasteiger partial charge on any atom is -0.326 e. The van der Waals surface area contributed by atoms with E-state index in [9.17, 15) is 0 Å². The van der Waals surface area contributed by atoms with Crippen molar-refractivity contribution >= 4 is 11.6 Å². The number of halogens is 1. The van der Waals surface area contributed by atoms with Crippen molar-refractivity contribution in [2.45, 2.75) is 44.3 Å². The van der Waals surface area contributed by atoms with Crippen LogP contribution in [0.25, 0.3) is 0 Å². The van der Waals surface area contributed by atoms with Crippen LogP contribution in [0.5, 0.6) is 0 Å². The second-order valence-corrected chi connectivity index (χ2v) is 5.80. The molecule has 1 aliphatic heterocycles. The van der Waals surface area contributed by atoms with E-state index in [1.807, 2.05) is 12.1 Å². The molecule has 2 N–H and O–H groups in total. The number of rotatable bonds is 2. The fraction of sp³-hybridized carbons (Fsp3) is 0.571. The molecule has 1 aliphatic carbocycles. The molecule has 2 unspecified atom stereocenters. The highest BCUT2D eigenvalue weighted by Crippen LogP contribution is 2.41. The third-order valence-electron chi connectivity index (χ3n) is 4.05. The summed E-state index contributed by atoms with van der Waals surface area (Å²) in [5.41, 5.74) is 8.94. The zero-order valence-electron chi connectivity index (χ0n) is 10.2. The molecular formula is C14H19ClN2. The first-order valence-corrected chi connectivity index (χ1v) is 6.82. The minimum absolute atomic E-state index is 0.274. The average Bonchev–Trinajstić information content (AvgIpc) is 3.04. The van der Waals surface area contributed by atoms with E-state index in [-0.39, 0.29) is 6.04 Å². The van der Waals surface area contributed by atoms with Gasteiger partial charge >= 0.3 is 0 Å². The average molecular weight is 251 g/mol. The van der Waals surface area contributed by atoms with E-state index >= 15 is 0 Å². The molecule has 1 saturated carbocycles. The summed E-state index contributed by atoms with van der Waals surface area (Å²) < 4.78 is 0. The van der Waals surface area contributed by atoms with Crippen molar-refractivity contribution in [3.63, 3.8) is 0 Å². The summed E-state index contributed by atoms with van der Waals surface area (Å²) in [6.07, 6.45) is 3.80. The van der Waals surface area contributed by atoms with Crippen molar-refractivity contribution in [1.82, 2.24) is 4.90 Å². The van der Waals surface area contributed by atoms with Crippen LogP contribution >= 0.6 is 11.6 Å². The highest BCUT2D eigenvalue weighted by Gasteiger charge is 2.41. The van der Waals surface area contributed by atoms with Crippen LogP contribution in [-0.4, -0.2) is 23.5 Å². The maximum Gasteiger partial charge on any atom is 0.0505 e. The van der Waals surface area contributed by atoms with E-state index in [1.165, 1.54) is 24.0 Å². The van der Waals surface area contributed by atoms with Crippen molar-refractivity contribution in [2.24, 2.45) is 5.73 Å². The van der Waals surface area contributed by atoms with Gasteiger partial charge in [-0.15, -0.1) is 0 Å². The van der Waals surface area contributed by atoms with Gasteiger partial charge in [-0.1, -0.05) is 17.7 Å². The minimum atomic E-state index is 0.274. The van der Waals surface area contributed by atoms with Gasteiger partial charge in [-0.2, -0.15) is 0 Å². The molecule has 1 aromatic carbocycles. The fourth-order valence-electron chi connectivity index (χ4n) is 3.04. The van der Waals surface area contributed by atoms with Gasteiger partial charge in [0.15, 0.2) is 0 Å². The third kappa shape index (κ3) is 2.10. The molecular weight excluding hydrogens is 232 g/mol. The van der Waals surface area contributed by atoms with Crippen molar-refractivity contribution in [2.75, 3.05) is 6.54 Å². The Morgan fingerprint density at radius 3 is 2.71 bits per heavy atom. The van der Waals surface area contributed by atoms with Crippen LogP contribution in [0.15, 0.2) is 18.2 Å². The maximum atomic E-state index is 6.30. The summed E-state index contributed by atoms with van der Waals surface area (Å²) in [4.78, 5) is 2.60. The Balaban J connectivity index is 1.94. The highest BCUT2D eigenvalue weighted by molar-refractivity contribution is 6.30. The molecule has 3 rings (SSSR count). The molecule has 2 aliphatic rings. The second-order valence-electron chi connectivity index (χ2n) is 5.37. The molecule has 2 atom stereocenters. The van der Waals surface area contributed by atoms with Crippen LogP contribution in [0.3, 0.4) is 0 Å². The molecule has 92 valence electrons. The maximum absolute atomic E-state index is 6.30. The van der Waals surface area contributed by atoms with Crippen LogP contribution < -0.4 is 5.73 Å². The first-order chi connectivity index (χ1) is 8.16. The van der Waals surface area contributed by atoms with Gasteiger partial charge in [0.25, 0.3) is 0 Å². The van der Waals surface area contributed by atoms with Gasteiger partial charge in [0, 0.05) is 23.7 Å². The predicted molar refractivity (Wildman–Crippen MR) is 71.3 cm³/mol. The van der Waals surface area contributed by atoms with E-state index in [2.05, 4.69) is 17.9 Å². The molecule has 17 heavy (non-hydrogen) atoms. The molecule has 3 heteroatoms. The molecule has 1 heterocycles. The lowest BCUT2D eigenvalue weighted by molar-refractivity contribution is 0.237. The summed E-state index contributed by atoms with van der Waals surface area (Å²) in [5.74, 6) is 0. The third-order valence-corrected chi connectivity index (χ3v) is 4.28. The van der Waals surface area contributed by atoms with E-state index in [0.29, 0.717) is 6.04 Å². The summed E-state index contributed by atoms with van der Waals surface area (Å²) in [5, 5.41) is 0.816. The smallest absolute Gasteiger partial charge is 0.0505 e. The summed E-state index contributed by atoms with van der Waals surface area (Å²) in [6.45, 7) is 3.29. The van der Waals surface area contributed by atoms with Crippen molar-refractivity contribution in [3.8, 4) is 0 Å². The monoisotopic (exact) mass is 250 g/mol. The lowest BCUT2D eigenvalue weighted by Crippen LogP contribution is -2.33. The molecule has 0 amide bonds. The Morgan fingerprint density at radius 2 is 2.06 bits per heavy atom. The van der Waals surface area contributed by atoms with E-state index in [0.717, 1.165) is 24.0 Å². The summed E-state index contributed by atoms with van der Waals surface area (Å²) in [6, 6.07) is 7.65. The zero-order chi connectivity index (χ0) is 12.0. The number of hydrogen-bond donors (Lipinski definition) is 1. The van der Waals surface area contributed by atoms with Crippen molar-refractivity contribution < 1.29 is 0 Å². The predicted octanol–water partition coefficient (Wildman–Crippen LogP) is 2.88. The van der Waals surface area contributed by atoms with Crippen LogP contribution in [0.2, 0.25) is 5.02 Å². The van der Waals surface area contributed by atoms with Crippen LogP contribution in [-0.2, 0) is 0 Å². The summed E-state index contributed by atoms with van der Waals surface area (Å²) in [7, 11) is 0. The fourth-order valence-corrected chi connectivity index (χ4v) is 3.26. The van der Waals surface area contributed by atoms with Gasteiger partial charge in [-0.3, -0.25) is 4.90 Å². The van der Waals surface area contributed by atoms with Crippen molar-refractivity contribution in [1.29, 1.82) is 0 Å². The molecule has 0 bridgehead atoms. The van der Waals surface area contributed by atoms with Gasteiger partial charge in [0.05, 0.1) is 6.04 Å². The number of nitrogens with zero attached hydrogens (tertiary/aromatic N) is 1. The number of benzene rings is 1. The Hall–Kier alpha value is -0.570. The molecule has 0 spiro atoms. The first-order valence-electron chi connectivity index (χ1n) is 6.44. The Labute approximate surface area is 108 Å². The topological polar surface area (TPSA) is 29.3 Å². The number of aryl methyl sites for hydroxylation is 1. The zero-order valence-corrected chi connectivity index (χ0v) is 11.0. The lowest BCUT2D eigenvalue weighted by Gasteiger charge is -2.28. The quantitative estimate of drug-likeness (QED) is 0.875. The van der Waals surface area contributed by atoms with Crippen molar-refractivity contribution in [3.05, 3.63) is 34.3 Å². The Bertz CT molecular complexity index is 428. The van der Waals surface area contributed by atoms with E-state index < -0.39 is 0 Å². The van der Waals surface area contributed by atoms with Gasteiger partial charge in [0.1, 0.15) is 0 Å². The molecule has 0 radical (unpaired) electrons. The first kappa shape index (κ1) is 11.5. The van der Waals surface area contributed by atoms with E-state index in [1.54, 1.807) is 0 Å². The highest BCUT2D eigenvalue weighted by atomic mass is 35.5. The van der Waals surface area contributed by atoms with Gasteiger partial charge < -0.3 is 5.73 Å². The molecule has 1 aromatic rings. The molecule has 2 nitrogen and oxygen atoms in total. The number of likely N-dealkylation sites (tertiary alicyclic amines) is 1. The summed E-state index contributed by atoms with van der Waals surface area (Å²) >= 11 is 6.03. The van der Waals surface area contributed by atoms with Crippen LogP contribution in [0.4, 0.5) is 0 Å². The van der Waals surface area contributed by atoms with Gasteiger partial charge in [0.2, 0.25) is 0 Å². The van der Waals surface area contributed by atoms with E-state index in [4.69, 9.17) is 17.3 Å². The van der Waals surface area contributed by atoms with Gasteiger partial charge in [-0.25, -0.2) is 0 Å². The molecule has 0 aromatic heterocycles. The standard InChI is InChI=1S/C14H19ClN2/c1-9-8-10(15)2-5-12(9)14-13(16)6-7-17(14)11-3-4-11/h2,5,8,11,13-14H,3-4,6-7,16H2,1H3. The number of hydrogen-bond acceptors (Lipinski definition) is 2. The number of nitrogens with two attached hydrogens (primary N) is 1.